The Morgan fingerprint density at radius 3 is 2.33 bits per heavy atom. The molecule has 0 fully saturated rings. The molecule has 4 aromatic rings. The van der Waals surface area contributed by atoms with Crippen molar-refractivity contribution in [2.45, 2.75) is 6.54 Å². The molecule has 0 aliphatic carbocycles. The number of aromatic nitrogens is 2. The molecule has 0 radical (unpaired) electrons. The molecule has 3 N–H and O–H groups in total. The Bertz CT molecular complexity index is 1410. The van der Waals surface area contributed by atoms with Gasteiger partial charge in [0.25, 0.3) is 5.56 Å². The summed E-state index contributed by atoms with van der Waals surface area (Å²) in [6.07, 6.45) is 0. The Kier molecular flexibility index (Phi) is 6.50. The predicted octanol–water partition coefficient (Wildman–Crippen LogP) is 4.19. The van der Waals surface area contributed by atoms with Gasteiger partial charge in [0.2, 0.25) is 5.88 Å². The third-order valence-corrected chi connectivity index (χ3v) is 5.31. The molecule has 0 spiro atoms. The van der Waals surface area contributed by atoms with Crippen LogP contribution in [-0.2, 0) is 6.54 Å². The van der Waals surface area contributed by atoms with Crippen molar-refractivity contribution < 1.29 is 9.50 Å². The van der Waals surface area contributed by atoms with Crippen LogP contribution < -0.4 is 16.6 Å². The summed E-state index contributed by atoms with van der Waals surface area (Å²) in [7, 11) is 0. The molecule has 0 bridgehead atoms. The molecule has 0 saturated carbocycles. The molecule has 7 nitrogen and oxygen atoms in total. The van der Waals surface area contributed by atoms with Crippen molar-refractivity contribution in [2.75, 3.05) is 5.32 Å². The van der Waals surface area contributed by atoms with E-state index in [9.17, 15) is 19.1 Å². The van der Waals surface area contributed by atoms with Gasteiger partial charge >= 0.3 is 5.69 Å². The van der Waals surface area contributed by atoms with Gasteiger partial charge in [0.15, 0.2) is 0 Å². The van der Waals surface area contributed by atoms with Crippen molar-refractivity contribution in [1.82, 2.24) is 9.55 Å². The average Bonchev–Trinajstić information content (AvgIpc) is 2.80. The molecule has 33 heavy (non-hydrogen) atoms. The number of aromatic hydroxyl groups is 1. The molecular weight excluding hydrogens is 491 g/mol. The lowest BCUT2D eigenvalue weighted by molar-refractivity contribution is 0.429. The summed E-state index contributed by atoms with van der Waals surface area (Å²) in [5.74, 6) is -0.886. The highest BCUT2D eigenvalue weighted by Crippen LogP contribution is 2.20. The zero-order valence-corrected chi connectivity index (χ0v) is 18.7. The minimum atomic E-state index is -0.799. The zero-order valence-electron chi connectivity index (χ0n) is 17.1. The van der Waals surface area contributed by atoms with Gasteiger partial charge in [-0.3, -0.25) is 14.8 Å². The number of benzene rings is 3. The van der Waals surface area contributed by atoms with E-state index in [1.807, 2.05) is 6.07 Å². The number of rotatable bonds is 5. The molecule has 0 atom stereocenters. The van der Waals surface area contributed by atoms with E-state index in [-0.39, 0.29) is 23.8 Å². The van der Waals surface area contributed by atoms with Crippen LogP contribution in [0.4, 0.5) is 10.1 Å². The lowest BCUT2D eigenvalue weighted by Crippen LogP contribution is -2.35. The highest BCUT2D eigenvalue weighted by molar-refractivity contribution is 9.10. The van der Waals surface area contributed by atoms with Gasteiger partial charge in [-0.2, -0.15) is 0 Å². The van der Waals surface area contributed by atoms with Crippen molar-refractivity contribution in [3.63, 3.8) is 0 Å². The van der Waals surface area contributed by atoms with Crippen LogP contribution >= 0.6 is 15.9 Å². The van der Waals surface area contributed by atoms with Crippen LogP contribution in [0.5, 0.6) is 5.88 Å². The number of hydrogen-bond donors (Lipinski definition) is 3. The summed E-state index contributed by atoms with van der Waals surface area (Å²) in [5.41, 5.74) is -0.121. The monoisotopic (exact) mass is 508 g/mol. The molecule has 0 amide bonds. The van der Waals surface area contributed by atoms with Gasteiger partial charge in [0.1, 0.15) is 17.2 Å². The molecule has 9 heteroatoms. The first-order valence-corrected chi connectivity index (χ1v) is 10.7. The van der Waals surface area contributed by atoms with Crippen molar-refractivity contribution in [3.05, 3.63) is 121 Å². The van der Waals surface area contributed by atoms with Crippen LogP contribution in [0, 0.1) is 5.82 Å². The zero-order chi connectivity index (χ0) is 23.4. The van der Waals surface area contributed by atoms with Crippen molar-refractivity contribution in [3.8, 4) is 11.6 Å². The van der Waals surface area contributed by atoms with E-state index < -0.39 is 17.1 Å². The van der Waals surface area contributed by atoms with Crippen LogP contribution in [0.15, 0.2) is 97.9 Å². The van der Waals surface area contributed by atoms with E-state index in [4.69, 9.17) is 0 Å². The number of halogens is 2. The van der Waals surface area contributed by atoms with E-state index in [0.29, 0.717) is 16.9 Å². The number of anilines is 1. The lowest BCUT2D eigenvalue weighted by atomic mass is 10.2. The van der Waals surface area contributed by atoms with Crippen molar-refractivity contribution >= 4 is 27.5 Å². The van der Waals surface area contributed by atoms with Crippen LogP contribution in [-0.4, -0.2) is 20.5 Å². The maximum Gasteiger partial charge on any atom is 0.335 e. The van der Waals surface area contributed by atoms with Gasteiger partial charge in [0, 0.05) is 10.2 Å². The fourth-order valence-electron chi connectivity index (χ4n) is 3.17. The fourth-order valence-corrected chi connectivity index (χ4v) is 3.43. The highest BCUT2D eigenvalue weighted by atomic mass is 79.9. The molecule has 3 aromatic carbocycles. The third-order valence-electron chi connectivity index (χ3n) is 4.78. The standard InChI is InChI=1S/C24H18BrFN4O3/c25-16-8-12-19(13-9-16)30-23(32)20(22(31)29-24(30)33)21(28-18-4-2-1-3-5-18)27-14-15-6-10-17(26)11-7-15/h1-13,32H,14H2,(H,27,28)(H,29,31,33). The van der Waals surface area contributed by atoms with Crippen LogP contribution in [0.3, 0.4) is 0 Å². The Morgan fingerprint density at radius 2 is 1.67 bits per heavy atom. The molecule has 0 aliphatic rings. The van der Waals surface area contributed by atoms with Gasteiger partial charge in [-0.25, -0.2) is 13.8 Å². The van der Waals surface area contributed by atoms with Gasteiger partial charge < -0.3 is 10.4 Å². The SMILES string of the molecule is O=c1[nH]c(=O)n(-c2ccc(Br)cc2)c(O)c1C(=NCc1ccc(F)cc1)Nc1ccccc1. The van der Waals surface area contributed by atoms with E-state index in [1.165, 1.54) is 12.1 Å². The Hall–Kier alpha value is -3.98. The van der Waals surface area contributed by atoms with Crippen LogP contribution in [0.1, 0.15) is 11.1 Å². The molecule has 1 heterocycles. The summed E-state index contributed by atoms with van der Waals surface area (Å²) in [5, 5.41) is 14.1. The third kappa shape index (κ3) is 5.09. The number of para-hydroxylation sites is 1. The second-order valence-electron chi connectivity index (χ2n) is 7.05. The van der Waals surface area contributed by atoms with E-state index >= 15 is 0 Å². The number of nitrogens with zero attached hydrogens (tertiary/aromatic N) is 2. The normalized spacial score (nSPS) is 11.4. The van der Waals surface area contributed by atoms with Gasteiger partial charge in [-0.1, -0.05) is 46.3 Å². The quantitative estimate of drug-likeness (QED) is 0.278. The van der Waals surface area contributed by atoms with Crippen LogP contribution in [0.2, 0.25) is 0 Å². The summed E-state index contributed by atoms with van der Waals surface area (Å²) in [6.45, 7) is 0.103. The largest absolute Gasteiger partial charge is 0.493 e. The molecule has 166 valence electrons. The van der Waals surface area contributed by atoms with E-state index in [2.05, 4.69) is 31.2 Å². The molecular formula is C24H18BrFN4O3. The van der Waals surface area contributed by atoms with Crippen LogP contribution in [0.25, 0.3) is 5.69 Å². The Morgan fingerprint density at radius 1 is 1.00 bits per heavy atom. The second kappa shape index (κ2) is 9.66. The minimum Gasteiger partial charge on any atom is -0.493 e. The maximum atomic E-state index is 13.3. The van der Waals surface area contributed by atoms with E-state index in [1.54, 1.807) is 60.7 Å². The Balaban J connectivity index is 1.85. The molecule has 4 rings (SSSR count). The predicted molar refractivity (Wildman–Crippen MR) is 129 cm³/mol. The number of amidine groups is 1. The first-order chi connectivity index (χ1) is 15.9. The summed E-state index contributed by atoms with van der Waals surface area (Å²) >= 11 is 3.33. The van der Waals surface area contributed by atoms with E-state index in [0.717, 1.165) is 9.04 Å². The number of aliphatic imine (C=N–C) groups is 1. The first kappa shape index (κ1) is 22.2. The number of aromatic amines is 1. The Labute approximate surface area is 196 Å². The highest BCUT2D eigenvalue weighted by Gasteiger charge is 2.21. The summed E-state index contributed by atoms with van der Waals surface area (Å²) < 4.78 is 15.0. The number of hydrogen-bond acceptors (Lipinski definition) is 4. The number of nitrogens with one attached hydrogen (secondary N) is 2. The topological polar surface area (TPSA) is 99.5 Å². The summed E-state index contributed by atoms with van der Waals surface area (Å²) in [6, 6.07) is 21.4. The lowest BCUT2D eigenvalue weighted by Gasteiger charge is -2.15. The average molecular weight is 509 g/mol. The molecule has 1 aromatic heterocycles. The molecule has 0 aliphatic heterocycles. The molecule has 0 saturated heterocycles. The first-order valence-electron chi connectivity index (χ1n) is 9.88. The van der Waals surface area contributed by atoms with Gasteiger partial charge in [0.05, 0.1) is 12.2 Å². The van der Waals surface area contributed by atoms with Gasteiger partial charge in [-0.05, 0) is 54.1 Å². The minimum absolute atomic E-state index is 0.0511. The second-order valence-corrected chi connectivity index (χ2v) is 7.97. The van der Waals surface area contributed by atoms with Crippen molar-refractivity contribution in [1.29, 1.82) is 0 Å². The summed E-state index contributed by atoms with van der Waals surface area (Å²) in [4.78, 5) is 32.0. The maximum absolute atomic E-state index is 13.3. The molecule has 0 unspecified atom stereocenters. The van der Waals surface area contributed by atoms with Crippen molar-refractivity contribution in [2.24, 2.45) is 4.99 Å². The fraction of sp³-hybridized carbons (Fsp3) is 0.0417. The smallest absolute Gasteiger partial charge is 0.335 e. The number of H-pyrrole nitrogens is 1. The van der Waals surface area contributed by atoms with Gasteiger partial charge in [-0.15, -0.1) is 0 Å².